The SMILES string of the molecule is Cc1ccc(CN(C)c2ccccc2I)cc1. The van der Waals surface area contributed by atoms with E-state index in [1.807, 2.05) is 0 Å². The number of para-hydroxylation sites is 1. The number of hydrogen-bond donors (Lipinski definition) is 0. The standard InChI is InChI=1S/C15H16IN/c1-12-7-9-13(10-8-12)11-17(2)15-6-4-3-5-14(15)16/h3-10H,11H2,1-2H3. The predicted octanol–water partition coefficient (Wildman–Crippen LogP) is 4.24. The van der Waals surface area contributed by atoms with Gasteiger partial charge in [0.25, 0.3) is 0 Å². The molecule has 0 saturated carbocycles. The van der Waals surface area contributed by atoms with Crippen molar-refractivity contribution in [3.05, 3.63) is 63.2 Å². The van der Waals surface area contributed by atoms with Crippen LogP contribution in [0.1, 0.15) is 11.1 Å². The zero-order chi connectivity index (χ0) is 12.3. The molecule has 0 aliphatic heterocycles. The zero-order valence-electron chi connectivity index (χ0n) is 10.2. The van der Waals surface area contributed by atoms with Crippen LogP contribution in [-0.4, -0.2) is 7.05 Å². The number of aryl methyl sites for hydroxylation is 1. The van der Waals surface area contributed by atoms with Gasteiger partial charge in [-0.3, -0.25) is 0 Å². The van der Waals surface area contributed by atoms with Crippen LogP contribution in [0.15, 0.2) is 48.5 Å². The minimum absolute atomic E-state index is 0.945. The number of benzene rings is 2. The Kier molecular flexibility index (Phi) is 4.05. The summed E-state index contributed by atoms with van der Waals surface area (Å²) in [5.74, 6) is 0. The molecule has 0 aliphatic carbocycles. The summed E-state index contributed by atoms with van der Waals surface area (Å²) in [6.07, 6.45) is 0. The molecule has 0 unspecified atom stereocenters. The van der Waals surface area contributed by atoms with Crippen LogP contribution in [0.4, 0.5) is 5.69 Å². The fraction of sp³-hybridized carbons (Fsp3) is 0.200. The highest BCUT2D eigenvalue weighted by atomic mass is 127. The van der Waals surface area contributed by atoms with E-state index in [0.717, 1.165) is 6.54 Å². The van der Waals surface area contributed by atoms with Gasteiger partial charge in [-0.25, -0.2) is 0 Å². The first kappa shape index (κ1) is 12.4. The number of hydrogen-bond acceptors (Lipinski definition) is 1. The lowest BCUT2D eigenvalue weighted by Crippen LogP contribution is -2.17. The summed E-state index contributed by atoms with van der Waals surface area (Å²) in [7, 11) is 2.14. The van der Waals surface area contributed by atoms with Crippen LogP contribution >= 0.6 is 22.6 Å². The second-order valence-corrected chi connectivity index (χ2v) is 5.46. The lowest BCUT2D eigenvalue weighted by molar-refractivity contribution is 0.919. The molecule has 0 aliphatic rings. The van der Waals surface area contributed by atoms with Gasteiger partial charge in [0.1, 0.15) is 0 Å². The monoisotopic (exact) mass is 337 g/mol. The third-order valence-electron chi connectivity index (χ3n) is 2.80. The molecule has 2 aromatic carbocycles. The van der Waals surface area contributed by atoms with Crippen LogP contribution in [0, 0.1) is 10.5 Å². The molecule has 0 amide bonds. The number of nitrogens with zero attached hydrogens (tertiary/aromatic N) is 1. The Morgan fingerprint density at radius 3 is 2.29 bits per heavy atom. The van der Waals surface area contributed by atoms with Crippen molar-refractivity contribution in [3.8, 4) is 0 Å². The number of halogens is 1. The van der Waals surface area contributed by atoms with Gasteiger partial charge in [0.15, 0.2) is 0 Å². The third-order valence-corrected chi connectivity index (χ3v) is 3.72. The van der Waals surface area contributed by atoms with Gasteiger partial charge in [0.05, 0.1) is 5.69 Å². The van der Waals surface area contributed by atoms with Crippen molar-refractivity contribution in [3.63, 3.8) is 0 Å². The second kappa shape index (κ2) is 5.54. The van der Waals surface area contributed by atoms with E-state index >= 15 is 0 Å². The molecule has 0 fully saturated rings. The van der Waals surface area contributed by atoms with E-state index < -0.39 is 0 Å². The summed E-state index contributed by atoms with van der Waals surface area (Å²) in [6, 6.07) is 17.2. The maximum atomic E-state index is 2.38. The van der Waals surface area contributed by atoms with Gasteiger partial charge in [-0.1, -0.05) is 42.0 Å². The quantitative estimate of drug-likeness (QED) is 0.758. The maximum absolute atomic E-state index is 2.38. The van der Waals surface area contributed by atoms with Gasteiger partial charge in [-0.15, -0.1) is 0 Å². The molecule has 2 aromatic rings. The van der Waals surface area contributed by atoms with E-state index in [-0.39, 0.29) is 0 Å². The number of anilines is 1. The third kappa shape index (κ3) is 3.22. The Hall–Kier alpha value is -1.03. The van der Waals surface area contributed by atoms with Crippen LogP contribution in [0.2, 0.25) is 0 Å². The smallest absolute Gasteiger partial charge is 0.0502 e. The normalized spacial score (nSPS) is 10.3. The van der Waals surface area contributed by atoms with Crippen molar-refractivity contribution in [1.29, 1.82) is 0 Å². The van der Waals surface area contributed by atoms with Gasteiger partial charge >= 0.3 is 0 Å². The van der Waals surface area contributed by atoms with Gasteiger partial charge in [0, 0.05) is 17.2 Å². The summed E-state index contributed by atoms with van der Waals surface area (Å²) in [5, 5.41) is 0. The molecule has 0 saturated heterocycles. The summed E-state index contributed by atoms with van der Waals surface area (Å²) in [5.41, 5.74) is 3.94. The predicted molar refractivity (Wildman–Crippen MR) is 82.4 cm³/mol. The summed E-state index contributed by atoms with van der Waals surface area (Å²) < 4.78 is 1.29. The first-order chi connectivity index (χ1) is 8.16. The Labute approximate surface area is 117 Å². The highest BCUT2D eigenvalue weighted by molar-refractivity contribution is 14.1. The summed E-state index contributed by atoms with van der Waals surface area (Å²) in [4.78, 5) is 2.28. The molecule has 88 valence electrons. The molecule has 1 nitrogen and oxygen atoms in total. The molecule has 0 heterocycles. The Bertz CT molecular complexity index is 491. The summed E-state index contributed by atoms with van der Waals surface area (Å²) in [6.45, 7) is 3.06. The van der Waals surface area contributed by atoms with Gasteiger partial charge < -0.3 is 4.90 Å². The van der Waals surface area contributed by atoms with E-state index in [1.54, 1.807) is 0 Å². The lowest BCUT2D eigenvalue weighted by atomic mass is 10.1. The van der Waals surface area contributed by atoms with Gasteiger partial charge in [-0.2, -0.15) is 0 Å². The molecular formula is C15H16IN. The topological polar surface area (TPSA) is 3.24 Å². The highest BCUT2D eigenvalue weighted by Gasteiger charge is 2.05. The Morgan fingerprint density at radius 1 is 1.00 bits per heavy atom. The molecule has 0 N–H and O–H groups in total. The van der Waals surface area contributed by atoms with Crippen LogP contribution in [0.5, 0.6) is 0 Å². The van der Waals surface area contributed by atoms with Crippen molar-refractivity contribution in [2.75, 3.05) is 11.9 Å². The average molecular weight is 337 g/mol. The zero-order valence-corrected chi connectivity index (χ0v) is 12.3. The van der Waals surface area contributed by atoms with E-state index in [2.05, 4.69) is 90.0 Å². The molecule has 0 atom stereocenters. The second-order valence-electron chi connectivity index (χ2n) is 4.29. The fourth-order valence-electron chi connectivity index (χ4n) is 1.81. The minimum atomic E-state index is 0.945. The summed E-state index contributed by atoms with van der Waals surface area (Å²) >= 11 is 2.38. The Morgan fingerprint density at radius 2 is 1.65 bits per heavy atom. The first-order valence-electron chi connectivity index (χ1n) is 5.68. The minimum Gasteiger partial charge on any atom is -0.369 e. The van der Waals surface area contributed by atoms with Crippen molar-refractivity contribution >= 4 is 28.3 Å². The Balaban J connectivity index is 2.14. The van der Waals surface area contributed by atoms with Crippen molar-refractivity contribution in [1.82, 2.24) is 0 Å². The molecule has 0 radical (unpaired) electrons. The molecule has 0 spiro atoms. The van der Waals surface area contributed by atoms with Crippen LogP contribution in [0.25, 0.3) is 0 Å². The first-order valence-corrected chi connectivity index (χ1v) is 6.76. The molecule has 2 rings (SSSR count). The molecule has 2 heteroatoms. The molecular weight excluding hydrogens is 321 g/mol. The van der Waals surface area contributed by atoms with Crippen molar-refractivity contribution in [2.24, 2.45) is 0 Å². The van der Waals surface area contributed by atoms with Crippen LogP contribution in [-0.2, 0) is 6.54 Å². The van der Waals surface area contributed by atoms with Gasteiger partial charge in [-0.05, 0) is 47.2 Å². The average Bonchev–Trinajstić information content (AvgIpc) is 2.32. The van der Waals surface area contributed by atoms with Crippen molar-refractivity contribution in [2.45, 2.75) is 13.5 Å². The van der Waals surface area contributed by atoms with E-state index in [0.29, 0.717) is 0 Å². The van der Waals surface area contributed by atoms with Crippen molar-refractivity contribution < 1.29 is 0 Å². The van der Waals surface area contributed by atoms with E-state index in [4.69, 9.17) is 0 Å². The largest absolute Gasteiger partial charge is 0.369 e. The molecule has 0 aromatic heterocycles. The molecule has 17 heavy (non-hydrogen) atoms. The van der Waals surface area contributed by atoms with Crippen LogP contribution in [0.3, 0.4) is 0 Å². The number of rotatable bonds is 3. The van der Waals surface area contributed by atoms with Crippen LogP contribution < -0.4 is 4.90 Å². The lowest BCUT2D eigenvalue weighted by Gasteiger charge is -2.20. The highest BCUT2D eigenvalue weighted by Crippen LogP contribution is 2.22. The fourth-order valence-corrected chi connectivity index (χ4v) is 2.61. The molecule has 0 bridgehead atoms. The maximum Gasteiger partial charge on any atom is 0.0502 e. The van der Waals surface area contributed by atoms with Gasteiger partial charge in [0.2, 0.25) is 0 Å². The van der Waals surface area contributed by atoms with E-state index in [9.17, 15) is 0 Å². The van der Waals surface area contributed by atoms with E-state index in [1.165, 1.54) is 20.4 Å².